The van der Waals surface area contributed by atoms with Crippen LogP contribution in [-0.2, 0) is 6.18 Å². The van der Waals surface area contributed by atoms with Crippen LogP contribution in [0.4, 0.5) is 23.9 Å². The number of carbonyl (C=O) groups is 1. The van der Waals surface area contributed by atoms with E-state index in [1.807, 2.05) is 0 Å². The van der Waals surface area contributed by atoms with Gasteiger partial charge in [-0.1, -0.05) is 0 Å². The third-order valence-electron chi connectivity index (χ3n) is 3.45. The second-order valence-electron chi connectivity index (χ2n) is 5.05. The average molecular weight is 304 g/mol. The minimum Gasteiger partial charge on any atom is -0.465 e. The van der Waals surface area contributed by atoms with Gasteiger partial charge in [-0.05, 0) is 13.8 Å². The topological polar surface area (TPSA) is 69.6 Å². The van der Waals surface area contributed by atoms with E-state index < -0.39 is 17.8 Å². The molecule has 6 nitrogen and oxygen atoms in total. The molecule has 2 atom stereocenters. The molecule has 2 heterocycles. The zero-order chi connectivity index (χ0) is 15.8. The molecule has 0 saturated carbocycles. The van der Waals surface area contributed by atoms with Gasteiger partial charge in [-0.15, -0.1) is 0 Å². The molecule has 1 fully saturated rings. The molecule has 1 aliphatic heterocycles. The van der Waals surface area contributed by atoms with Crippen LogP contribution in [0.1, 0.15) is 19.4 Å². The standard InChI is InChI=1S/C12H15F3N4O2/c1-7-6-19(11(20)21)8(2)5-18(7)10-16-3-9(4-17-10)12(13,14)15/h3-4,7-8H,5-6H2,1-2H3,(H,20,21)/t7-,8+/m0/s1. The number of halogens is 3. The van der Waals surface area contributed by atoms with Crippen LogP contribution in [0, 0.1) is 0 Å². The van der Waals surface area contributed by atoms with E-state index in [-0.39, 0.29) is 24.6 Å². The molecule has 0 spiro atoms. The Balaban J connectivity index is 2.17. The monoisotopic (exact) mass is 304 g/mol. The number of hydrogen-bond acceptors (Lipinski definition) is 4. The molecule has 0 bridgehead atoms. The molecule has 0 unspecified atom stereocenters. The highest BCUT2D eigenvalue weighted by atomic mass is 19.4. The van der Waals surface area contributed by atoms with Gasteiger partial charge in [0.2, 0.25) is 5.95 Å². The molecule has 0 aliphatic carbocycles. The molecule has 21 heavy (non-hydrogen) atoms. The van der Waals surface area contributed by atoms with Gasteiger partial charge in [-0.2, -0.15) is 13.2 Å². The number of piperazine rings is 1. The summed E-state index contributed by atoms with van der Waals surface area (Å²) >= 11 is 0. The van der Waals surface area contributed by atoms with Gasteiger partial charge in [0, 0.05) is 37.6 Å². The van der Waals surface area contributed by atoms with Crippen LogP contribution in [0.3, 0.4) is 0 Å². The molecular formula is C12H15F3N4O2. The van der Waals surface area contributed by atoms with E-state index in [2.05, 4.69) is 9.97 Å². The molecule has 1 amide bonds. The lowest BCUT2D eigenvalue weighted by atomic mass is 10.1. The number of aromatic nitrogens is 2. The summed E-state index contributed by atoms with van der Waals surface area (Å²) in [5.74, 6) is 0.174. The van der Waals surface area contributed by atoms with Crippen molar-refractivity contribution in [3.63, 3.8) is 0 Å². The maximum Gasteiger partial charge on any atom is 0.419 e. The Kier molecular flexibility index (Phi) is 3.93. The number of rotatable bonds is 1. The average Bonchev–Trinajstić information content (AvgIpc) is 2.40. The molecule has 9 heteroatoms. The Labute approximate surface area is 119 Å². The predicted octanol–water partition coefficient (Wildman–Crippen LogP) is 2.07. The zero-order valence-corrected chi connectivity index (χ0v) is 11.5. The highest BCUT2D eigenvalue weighted by molar-refractivity contribution is 5.66. The van der Waals surface area contributed by atoms with Crippen LogP contribution in [0.5, 0.6) is 0 Å². The Bertz CT molecular complexity index is 520. The Morgan fingerprint density at radius 2 is 1.81 bits per heavy atom. The first-order chi connectivity index (χ1) is 9.70. The van der Waals surface area contributed by atoms with Gasteiger partial charge in [0.1, 0.15) is 0 Å². The number of anilines is 1. The van der Waals surface area contributed by atoms with Crippen molar-refractivity contribution < 1.29 is 23.1 Å². The van der Waals surface area contributed by atoms with Crippen LogP contribution in [0.25, 0.3) is 0 Å². The molecule has 0 aromatic carbocycles. The second-order valence-corrected chi connectivity index (χ2v) is 5.05. The summed E-state index contributed by atoms with van der Waals surface area (Å²) < 4.78 is 37.4. The van der Waals surface area contributed by atoms with Gasteiger partial charge in [0.05, 0.1) is 5.56 Å². The Morgan fingerprint density at radius 3 is 2.29 bits per heavy atom. The maximum atomic E-state index is 12.5. The quantitative estimate of drug-likeness (QED) is 0.860. The van der Waals surface area contributed by atoms with E-state index in [1.165, 1.54) is 4.90 Å². The van der Waals surface area contributed by atoms with Crippen LogP contribution in [0.2, 0.25) is 0 Å². The maximum absolute atomic E-state index is 12.5. The number of alkyl halides is 3. The van der Waals surface area contributed by atoms with Crippen LogP contribution >= 0.6 is 0 Å². The first kappa shape index (κ1) is 15.3. The first-order valence-corrected chi connectivity index (χ1v) is 6.35. The molecule has 1 aromatic rings. The summed E-state index contributed by atoms with van der Waals surface area (Å²) in [6.45, 7) is 4.10. The van der Waals surface area contributed by atoms with E-state index in [4.69, 9.17) is 5.11 Å². The van der Waals surface area contributed by atoms with Gasteiger partial charge in [0.25, 0.3) is 0 Å². The van der Waals surface area contributed by atoms with Gasteiger partial charge >= 0.3 is 12.3 Å². The van der Waals surface area contributed by atoms with Gasteiger partial charge < -0.3 is 14.9 Å². The lowest BCUT2D eigenvalue weighted by molar-refractivity contribution is -0.138. The molecule has 1 N–H and O–H groups in total. The second kappa shape index (κ2) is 5.38. The van der Waals surface area contributed by atoms with Gasteiger partial charge in [0.15, 0.2) is 0 Å². The van der Waals surface area contributed by atoms with Crippen molar-refractivity contribution in [1.29, 1.82) is 0 Å². The van der Waals surface area contributed by atoms with Crippen molar-refractivity contribution in [1.82, 2.24) is 14.9 Å². The molecule has 1 aromatic heterocycles. The molecule has 116 valence electrons. The van der Waals surface area contributed by atoms with Gasteiger partial charge in [-0.3, -0.25) is 0 Å². The van der Waals surface area contributed by atoms with E-state index >= 15 is 0 Å². The zero-order valence-electron chi connectivity index (χ0n) is 11.5. The minimum atomic E-state index is -4.47. The Morgan fingerprint density at radius 1 is 1.24 bits per heavy atom. The van der Waals surface area contributed by atoms with E-state index in [0.717, 1.165) is 12.4 Å². The number of amides is 1. The smallest absolute Gasteiger partial charge is 0.419 e. The highest BCUT2D eigenvalue weighted by Crippen LogP contribution is 2.29. The lowest BCUT2D eigenvalue weighted by Crippen LogP contribution is -2.58. The highest BCUT2D eigenvalue weighted by Gasteiger charge is 2.35. The fourth-order valence-electron chi connectivity index (χ4n) is 2.29. The summed E-state index contributed by atoms with van der Waals surface area (Å²) in [6.07, 6.45) is -4.01. The van der Waals surface area contributed by atoms with Crippen molar-refractivity contribution >= 4 is 12.0 Å². The fourth-order valence-corrected chi connectivity index (χ4v) is 2.29. The van der Waals surface area contributed by atoms with Crippen molar-refractivity contribution in [2.45, 2.75) is 32.1 Å². The lowest BCUT2D eigenvalue weighted by Gasteiger charge is -2.42. The molecule has 1 saturated heterocycles. The predicted molar refractivity (Wildman–Crippen MR) is 68.0 cm³/mol. The molecular weight excluding hydrogens is 289 g/mol. The minimum absolute atomic E-state index is 0.174. The molecule has 0 radical (unpaired) electrons. The Hall–Kier alpha value is -2.06. The largest absolute Gasteiger partial charge is 0.465 e. The van der Waals surface area contributed by atoms with E-state index in [9.17, 15) is 18.0 Å². The third-order valence-corrected chi connectivity index (χ3v) is 3.45. The number of carboxylic acid groups (broad SMARTS) is 1. The summed E-state index contributed by atoms with van der Waals surface area (Å²) in [5, 5.41) is 9.06. The van der Waals surface area contributed by atoms with E-state index in [0.29, 0.717) is 6.54 Å². The van der Waals surface area contributed by atoms with Crippen LogP contribution in [-0.4, -0.2) is 51.2 Å². The summed E-state index contributed by atoms with van der Waals surface area (Å²) in [6, 6.07) is -0.501. The molecule has 1 aliphatic rings. The van der Waals surface area contributed by atoms with Crippen LogP contribution in [0.15, 0.2) is 12.4 Å². The summed E-state index contributed by atoms with van der Waals surface area (Å²) in [4.78, 5) is 21.6. The van der Waals surface area contributed by atoms with E-state index in [1.54, 1.807) is 18.7 Å². The van der Waals surface area contributed by atoms with Crippen LogP contribution < -0.4 is 4.90 Å². The normalized spacial score (nSPS) is 23.3. The van der Waals surface area contributed by atoms with Crippen molar-refractivity contribution in [2.24, 2.45) is 0 Å². The number of nitrogens with zero attached hydrogens (tertiary/aromatic N) is 4. The summed E-state index contributed by atoms with van der Waals surface area (Å²) in [5.41, 5.74) is -0.906. The van der Waals surface area contributed by atoms with Crippen molar-refractivity contribution in [3.8, 4) is 0 Å². The third kappa shape index (κ3) is 3.17. The fraction of sp³-hybridized carbons (Fsp3) is 0.583. The summed E-state index contributed by atoms with van der Waals surface area (Å²) in [7, 11) is 0. The molecule has 2 rings (SSSR count). The first-order valence-electron chi connectivity index (χ1n) is 6.35. The van der Waals surface area contributed by atoms with Crippen molar-refractivity contribution in [3.05, 3.63) is 18.0 Å². The van der Waals surface area contributed by atoms with Crippen molar-refractivity contribution in [2.75, 3.05) is 18.0 Å². The van der Waals surface area contributed by atoms with Gasteiger partial charge in [-0.25, -0.2) is 14.8 Å². The number of hydrogen-bond donors (Lipinski definition) is 1. The SMILES string of the molecule is C[C@@H]1CN(c2ncc(C(F)(F)F)cn2)[C@@H](C)CN1C(=O)O.